The summed E-state index contributed by atoms with van der Waals surface area (Å²) in [6.45, 7) is 2.71. The molecular weight excluding hydrogens is 402 g/mol. The van der Waals surface area contributed by atoms with Crippen LogP contribution in [0.3, 0.4) is 0 Å². The van der Waals surface area contributed by atoms with Gasteiger partial charge in [-0.2, -0.15) is 0 Å². The largest absolute Gasteiger partial charge is 0.344 e. The summed E-state index contributed by atoms with van der Waals surface area (Å²) in [5, 5.41) is 1.46. The second-order valence-electron chi connectivity index (χ2n) is 6.95. The number of hydrogen-bond donors (Lipinski definition) is 0. The monoisotopic (exact) mass is 423 g/mol. The van der Waals surface area contributed by atoms with Gasteiger partial charge in [0.25, 0.3) is 5.56 Å². The van der Waals surface area contributed by atoms with Crippen LogP contribution in [0.2, 0.25) is 5.02 Å². The highest BCUT2D eigenvalue weighted by molar-refractivity contribution is 7.98. The highest BCUT2D eigenvalue weighted by Gasteiger charge is 2.18. The van der Waals surface area contributed by atoms with Crippen LogP contribution < -0.4 is 5.56 Å². The molecule has 2 heterocycles. The van der Waals surface area contributed by atoms with Crippen molar-refractivity contribution in [3.8, 4) is 11.1 Å². The number of aryl methyl sites for hydroxylation is 1. The van der Waals surface area contributed by atoms with Gasteiger partial charge in [-0.15, -0.1) is 0 Å². The van der Waals surface area contributed by atoms with E-state index in [1.165, 1.54) is 0 Å². The fraction of sp³-hybridized carbons (Fsp3) is 0.217. The van der Waals surface area contributed by atoms with Gasteiger partial charge in [-0.25, -0.2) is 4.98 Å². The fourth-order valence-electron chi connectivity index (χ4n) is 3.47. The number of aromatic nitrogens is 3. The van der Waals surface area contributed by atoms with Crippen molar-refractivity contribution in [2.24, 2.45) is 7.05 Å². The van der Waals surface area contributed by atoms with E-state index in [-0.39, 0.29) is 5.56 Å². The lowest BCUT2D eigenvalue weighted by molar-refractivity contribution is 0.582. The van der Waals surface area contributed by atoms with Crippen molar-refractivity contribution in [3.63, 3.8) is 0 Å². The molecule has 29 heavy (non-hydrogen) atoms. The Labute approximate surface area is 179 Å². The van der Waals surface area contributed by atoms with Crippen molar-refractivity contribution in [1.82, 2.24) is 14.1 Å². The molecule has 0 fully saturated rings. The molecule has 4 rings (SSSR count). The first-order valence-corrected chi connectivity index (χ1v) is 11.0. The SMILES string of the molecule is CCCn1c(SCc2ccccc2Cl)nc2c(-c3ccccc3)cn(C)c2c1=O. The average molecular weight is 424 g/mol. The van der Waals surface area contributed by atoms with E-state index in [2.05, 4.69) is 6.92 Å². The second kappa shape index (κ2) is 8.47. The first-order valence-electron chi connectivity index (χ1n) is 9.61. The smallest absolute Gasteiger partial charge is 0.278 e. The van der Waals surface area contributed by atoms with Crippen LogP contribution in [0.15, 0.2) is 70.7 Å². The predicted octanol–water partition coefficient (Wildman–Crippen LogP) is 5.76. The normalized spacial score (nSPS) is 11.3. The quantitative estimate of drug-likeness (QED) is 0.292. The zero-order valence-corrected chi connectivity index (χ0v) is 18.0. The van der Waals surface area contributed by atoms with Crippen molar-refractivity contribution in [2.75, 3.05) is 0 Å². The van der Waals surface area contributed by atoms with E-state index >= 15 is 0 Å². The number of hydrogen-bond acceptors (Lipinski definition) is 3. The van der Waals surface area contributed by atoms with Gasteiger partial charge in [0.2, 0.25) is 0 Å². The summed E-state index contributed by atoms with van der Waals surface area (Å²) in [6, 6.07) is 17.9. The molecule has 0 spiro atoms. The van der Waals surface area contributed by atoms with Gasteiger partial charge in [-0.05, 0) is 23.6 Å². The molecule has 6 heteroatoms. The van der Waals surface area contributed by atoms with Crippen LogP contribution in [0.4, 0.5) is 0 Å². The molecule has 0 aliphatic heterocycles. The summed E-state index contributed by atoms with van der Waals surface area (Å²) < 4.78 is 3.68. The molecule has 0 bridgehead atoms. The highest BCUT2D eigenvalue weighted by Crippen LogP contribution is 2.31. The van der Waals surface area contributed by atoms with E-state index in [1.807, 2.05) is 72.4 Å². The Hall–Kier alpha value is -2.50. The van der Waals surface area contributed by atoms with E-state index in [1.54, 1.807) is 16.3 Å². The molecule has 4 aromatic rings. The molecule has 0 atom stereocenters. The van der Waals surface area contributed by atoms with Gasteiger partial charge in [0, 0.05) is 36.1 Å². The molecule has 4 nitrogen and oxygen atoms in total. The Bertz CT molecular complexity index is 1210. The van der Waals surface area contributed by atoms with Crippen molar-refractivity contribution in [2.45, 2.75) is 30.8 Å². The Morgan fingerprint density at radius 2 is 1.79 bits per heavy atom. The van der Waals surface area contributed by atoms with E-state index in [0.29, 0.717) is 17.8 Å². The molecule has 0 saturated heterocycles. The van der Waals surface area contributed by atoms with Crippen molar-refractivity contribution in [1.29, 1.82) is 0 Å². The third-order valence-corrected chi connectivity index (χ3v) is 6.28. The Balaban J connectivity index is 1.85. The van der Waals surface area contributed by atoms with Crippen molar-refractivity contribution in [3.05, 3.63) is 81.7 Å². The maximum atomic E-state index is 13.3. The summed E-state index contributed by atoms with van der Waals surface area (Å²) in [7, 11) is 1.91. The van der Waals surface area contributed by atoms with Crippen LogP contribution in [-0.4, -0.2) is 14.1 Å². The molecular formula is C23H22ClN3OS. The molecule has 148 valence electrons. The number of nitrogens with zero attached hydrogens (tertiary/aromatic N) is 3. The minimum atomic E-state index is 0.00295. The van der Waals surface area contributed by atoms with Crippen LogP contribution >= 0.6 is 23.4 Å². The third-order valence-electron chi connectivity index (χ3n) is 4.89. The second-order valence-corrected chi connectivity index (χ2v) is 8.30. The minimum absolute atomic E-state index is 0.00295. The third kappa shape index (κ3) is 3.85. The fourth-order valence-corrected chi connectivity index (χ4v) is 4.77. The predicted molar refractivity (Wildman–Crippen MR) is 122 cm³/mol. The van der Waals surface area contributed by atoms with Gasteiger partial charge in [-0.3, -0.25) is 9.36 Å². The molecule has 0 radical (unpaired) electrons. The summed E-state index contributed by atoms with van der Waals surface area (Å²) in [5.74, 6) is 0.662. The molecule has 0 aliphatic rings. The number of halogens is 1. The molecule has 2 aromatic heterocycles. The minimum Gasteiger partial charge on any atom is -0.344 e. The zero-order valence-electron chi connectivity index (χ0n) is 16.4. The average Bonchev–Trinajstić information content (AvgIpc) is 3.07. The number of fused-ring (bicyclic) bond motifs is 1. The van der Waals surface area contributed by atoms with Gasteiger partial charge < -0.3 is 4.57 Å². The standard InChI is InChI=1S/C23H22ClN3OS/c1-3-13-27-22(28)21-20(18(14-26(21)2)16-9-5-4-6-10-16)25-23(27)29-15-17-11-7-8-12-19(17)24/h4-12,14H,3,13,15H2,1-2H3. The number of benzene rings is 2. The number of thioether (sulfide) groups is 1. The van der Waals surface area contributed by atoms with E-state index in [9.17, 15) is 4.79 Å². The topological polar surface area (TPSA) is 39.8 Å². The molecule has 0 N–H and O–H groups in total. The zero-order chi connectivity index (χ0) is 20.4. The molecule has 0 aliphatic carbocycles. The first kappa shape index (κ1) is 19.8. The molecule has 0 unspecified atom stereocenters. The highest BCUT2D eigenvalue weighted by atomic mass is 35.5. The van der Waals surface area contributed by atoms with Gasteiger partial charge in [0.05, 0.1) is 0 Å². The summed E-state index contributed by atoms with van der Waals surface area (Å²) in [4.78, 5) is 18.3. The van der Waals surface area contributed by atoms with E-state index < -0.39 is 0 Å². The Morgan fingerprint density at radius 3 is 2.52 bits per heavy atom. The summed E-state index contributed by atoms with van der Waals surface area (Å²) in [5.41, 5.74) is 4.46. The number of rotatable bonds is 6. The van der Waals surface area contributed by atoms with Gasteiger partial charge in [0.15, 0.2) is 5.16 Å². The van der Waals surface area contributed by atoms with E-state index in [4.69, 9.17) is 16.6 Å². The lowest BCUT2D eigenvalue weighted by Gasteiger charge is -2.12. The van der Waals surface area contributed by atoms with Crippen molar-refractivity contribution >= 4 is 34.4 Å². The maximum absolute atomic E-state index is 13.3. The summed E-state index contributed by atoms with van der Waals surface area (Å²) >= 11 is 7.88. The molecule has 2 aromatic carbocycles. The molecule has 0 amide bonds. The van der Waals surface area contributed by atoms with Crippen LogP contribution in [0.25, 0.3) is 22.2 Å². The van der Waals surface area contributed by atoms with Crippen LogP contribution in [0.5, 0.6) is 0 Å². The summed E-state index contributed by atoms with van der Waals surface area (Å²) in [6.07, 6.45) is 2.86. The molecule has 0 saturated carbocycles. The maximum Gasteiger partial charge on any atom is 0.278 e. The first-order chi connectivity index (χ1) is 14.1. The Morgan fingerprint density at radius 1 is 1.07 bits per heavy atom. The van der Waals surface area contributed by atoms with Gasteiger partial charge in [-0.1, -0.05) is 78.8 Å². The lowest BCUT2D eigenvalue weighted by Crippen LogP contribution is -2.24. The van der Waals surface area contributed by atoms with Gasteiger partial charge >= 0.3 is 0 Å². The van der Waals surface area contributed by atoms with Gasteiger partial charge in [0.1, 0.15) is 11.0 Å². The lowest BCUT2D eigenvalue weighted by atomic mass is 10.1. The Kier molecular flexibility index (Phi) is 5.79. The van der Waals surface area contributed by atoms with Crippen molar-refractivity contribution < 1.29 is 0 Å². The van der Waals surface area contributed by atoms with E-state index in [0.717, 1.165) is 38.8 Å². The van der Waals surface area contributed by atoms with Crippen LogP contribution in [0, 0.1) is 0 Å². The van der Waals surface area contributed by atoms with Crippen LogP contribution in [-0.2, 0) is 19.3 Å². The van der Waals surface area contributed by atoms with Crippen LogP contribution in [0.1, 0.15) is 18.9 Å².